The quantitative estimate of drug-likeness (QED) is 0.757. The maximum atomic E-state index is 12.3. The van der Waals surface area contributed by atoms with E-state index in [9.17, 15) is 8.42 Å². The topological polar surface area (TPSA) is 60.2 Å². The van der Waals surface area contributed by atoms with Crippen LogP contribution in [-0.2, 0) is 9.84 Å². The van der Waals surface area contributed by atoms with Gasteiger partial charge in [-0.3, -0.25) is 0 Å². The fourth-order valence-corrected chi connectivity index (χ4v) is 4.57. The highest BCUT2D eigenvalue weighted by atomic mass is 32.2. The summed E-state index contributed by atoms with van der Waals surface area (Å²) in [6.07, 6.45) is 5.81. The first-order valence-electron chi connectivity index (χ1n) is 5.90. The molecule has 0 aliphatic heterocycles. The van der Waals surface area contributed by atoms with Crippen molar-refractivity contribution in [2.24, 2.45) is 5.73 Å². The van der Waals surface area contributed by atoms with E-state index in [1.807, 2.05) is 0 Å². The van der Waals surface area contributed by atoms with Gasteiger partial charge in [0.15, 0.2) is 9.84 Å². The zero-order chi connectivity index (χ0) is 11.5. The van der Waals surface area contributed by atoms with E-state index in [4.69, 9.17) is 5.73 Å². The summed E-state index contributed by atoms with van der Waals surface area (Å²) >= 11 is 0. The van der Waals surface area contributed by atoms with Gasteiger partial charge >= 0.3 is 0 Å². The highest BCUT2D eigenvalue weighted by Gasteiger charge is 2.43. The molecule has 0 aromatic rings. The van der Waals surface area contributed by atoms with Crippen LogP contribution < -0.4 is 5.73 Å². The molecule has 0 aromatic carbocycles. The predicted molar refractivity (Wildman–Crippen MR) is 63.5 cm³/mol. The first-order chi connectivity index (χ1) is 6.96. The number of rotatable bonds is 3. The van der Waals surface area contributed by atoms with Gasteiger partial charge in [0.1, 0.15) is 0 Å². The minimum absolute atomic E-state index is 0.285. The Morgan fingerprint density at radius 2 is 1.60 bits per heavy atom. The molecule has 15 heavy (non-hydrogen) atoms. The van der Waals surface area contributed by atoms with Crippen molar-refractivity contribution in [3.05, 3.63) is 0 Å². The molecular weight excluding hydrogens is 210 g/mol. The summed E-state index contributed by atoms with van der Waals surface area (Å²) in [7, 11) is -3.06. The van der Waals surface area contributed by atoms with Crippen molar-refractivity contribution in [3.63, 3.8) is 0 Å². The minimum Gasteiger partial charge on any atom is -0.329 e. The molecule has 0 atom stereocenters. The van der Waals surface area contributed by atoms with Crippen LogP contribution in [0.15, 0.2) is 0 Å². The Kier molecular flexibility index (Phi) is 4.18. The average Bonchev–Trinajstić information content (AvgIpc) is 2.43. The molecule has 1 aliphatic rings. The van der Waals surface area contributed by atoms with E-state index in [2.05, 4.69) is 0 Å². The SMILES string of the molecule is CC(C)S(=O)(=O)C1(CN)CCCCCC1. The van der Waals surface area contributed by atoms with Gasteiger partial charge in [-0.05, 0) is 26.7 Å². The summed E-state index contributed by atoms with van der Waals surface area (Å²) in [5.41, 5.74) is 5.75. The maximum Gasteiger partial charge on any atom is 0.159 e. The van der Waals surface area contributed by atoms with Crippen LogP contribution in [0.5, 0.6) is 0 Å². The van der Waals surface area contributed by atoms with Crippen molar-refractivity contribution < 1.29 is 8.42 Å². The van der Waals surface area contributed by atoms with E-state index in [0.717, 1.165) is 38.5 Å². The molecule has 1 rings (SSSR count). The number of hydrogen-bond acceptors (Lipinski definition) is 3. The molecule has 2 N–H and O–H groups in total. The van der Waals surface area contributed by atoms with Crippen LogP contribution in [0.25, 0.3) is 0 Å². The van der Waals surface area contributed by atoms with Gasteiger partial charge < -0.3 is 5.73 Å². The molecule has 4 heteroatoms. The molecule has 0 saturated heterocycles. The summed E-state index contributed by atoms with van der Waals surface area (Å²) in [5, 5.41) is -0.306. The van der Waals surface area contributed by atoms with Crippen molar-refractivity contribution in [2.75, 3.05) is 6.54 Å². The molecule has 1 fully saturated rings. The number of hydrogen-bond donors (Lipinski definition) is 1. The fraction of sp³-hybridized carbons (Fsp3) is 1.00. The molecule has 90 valence electrons. The molecule has 0 heterocycles. The van der Waals surface area contributed by atoms with Crippen LogP contribution in [0, 0.1) is 0 Å². The van der Waals surface area contributed by atoms with Crippen LogP contribution in [0.4, 0.5) is 0 Å². The summed E-state index contributed by atoms with van der Waals surface area (Å²) in [5.74, 6) is 0. The lowest BCUT2D eigenvalue weighted by atomic mass is 9.99. The predicted octanol–water partition coefficient (Wildman–Crippen LogP) is 1.86. The third-order valence-electron chi connectivity index (χ3n) is 3.61. The largest absolute Gasteiger partial charge is 0.329 e. The van der Waals surface area contributed by atoms with Crippen molar-refractivity contribution in [1.29, 1.82) is 0 Å². The second kappa shape index (κ2) is 4.83. The second-order valence-corrected chi connectivity index (χ2v) is 7.79. The zero-order valence-corrected chi connectivity index (χ0v) is 10.6. The van der Waals surface area contributed by atoms with Crippen molar-refractivity contribution in [1.82, 2.24) is 0 Å². The van der Waals surface area contributed by atoms with Gasteiger partial charge in [0.2, 0.25) is 0 Å². The van der Waals surface area contributed by atoms with Gasteiger partial charge in [-0.1, -0.05) is 25.7 Å². The first-order valence-corrected chi connectivity index (χ1v) is 7.44. The normalized spacial score (nSPS) is 22.7. The van der Waals surface area contributed by atoms with Gasteiger partial charge in [0, 0.05) is 6.54 Å². The van der Waals surface area contributed by atoms with E-state index >= 15 is 0 Å². The highest BCUT2D eigenvalue weighted by Crippen LogP contribution is 2.35. The Labute approximate surface area is 93.3 Å². The number of sulfone groups is 1. The van der Waals surface area contributed by atoms with Gasteiger partial charge in [0.05, 0.1) is 10.00 Å². The summed E-state index contributed by atoms with van der Waals surface area (Å²) in [6.45, 7) is 3.81. The molecule has 0 amide bonds. The van der Waals surface area contributed by atoms with Gasteiger partial charge in [0.25, 0.3) is 0 Å². The lowest BCUT2D eigenvalue weighted by molar-refractivity contribution is 0.459. The first kappa shape index (κ1) is 13.0. The fourth-order valence-electron chi connectivity index (χ4n) is 2.48. The van der Waals surface area contributed by atoms with E-state index in [-0.39, 0.29) is 11.8 Å². The smallest absolute Gasteiger partial charge is 0.159 e. The molecule has 1 aliphatic carbocycles. The maximum absolute atomic E-state index is 12.3. The van der Waals surface area contributed by atoms with Crippen LogP contribution in [-0.4, -0.2) is 25.0 Å². The molecule has 0 spiro atoms. The number of nitrogens with two attached hydrogens (primary N) is 1. The Morgan fingerprint density at radius 1 is 1.13 bits per heavy atom. The van der Waals surface area contributed by atoms with E-state index < -0.39 is 14.6 Å². The van der Waals surface area contributed by atoms with Crippen molar-refractivity contribution in [3.8, 4) is 0 Å². The summed E-state index contributed by atoms with van der Waals surface area (Å²) < 4.78 is 24.0. The highest BCUT2D eigenvalue weighted by molar-refractivity contribution is 7.93. The zero-order valence-electron chi connectivity index (χ0n) is 9.83. The Hall–Kier alpha value is -0.0900. The lowest BCUT2D eigenvalue weighted by Gasteiger charge is -2.32. The van der Waals surface area contributed by atoms with Gasteiger partial charge in [-0.25, -0.2) is 8.42 Å². The summed E-state index contributed by atoms with van der Waals surface area (Å²) in [6, 6.07) is 0. The van der Waals surface area contributed by atoms with Crippen molar-refractivity contribution in [2.45, 2.75) is 62.4 Å². The average molecular weight is 233 g/mol. The standard InChI is InChI=1S/C11H23NO2S/c1-10(2)15(13,14)11(9-12)7-5-3-4-6-8-11/h10H,3-9,12H2,1-2H3. The molecule has 0 bridgehead atoms. The Balaban J connectivity index is 3.02. The van der Waals surface area contributed by atoms with E-state index in [1.165, 1.54) is 0 Å². The monoisotopic (exact) mass is 233 g/mol. The third-order valence-corrected chi connectivity index (χ3v) is 6.63. The molecule has 0 unspecified atom stereocenters. The molecule has 3 nitrogen and oxygen atoms in total. The van der Waals surface area contributed by atoms with Crippen LogP contribution in [0.1, 0.15) is 52.4 Å². The van der Waals surface area contributed by atoms with Gasteiger partial charge in [-0.2, -0.15) is 0 Å². The van der Waals surface area contributed by atoms with Crippen LogP contribution >= 0.6 is 0 Å². The second-order valence-electron chi connectivity index (χ2n) is 4.90. The minimum atomic E-state index is -3.06. The van der Waals surface area contributed by atoms with E-state index in [1.54, 1.807) is 13.8 Å². The van der Waals surface area contributed by atoms with Crippen LogP contribution in [0.3, 0.4) is 0 Å². The molecule has 0 radical (unpaired) electrons. The molecule has 0 aromatic heterocycles. The lowest BCUT2D eigenvalue weighted by Crippen LogP contribution is -2.48. The Bertz CT molecular complexity index is 288. The Morgan fingerprint density at radius 3 is 1.93 bits per heavy atom. The van der Waals surface area contributed by atoms with Crippen molar-refractivity contribution >= 4 is 9.84 Å². The van der Waals surface area contributed by atoms with Gasteiger partial charge in [-0.15, -0.1) is 0 Å². The van der Waals surface area contributed by atoms with E-state index in [0.29, 0.717) is 0 Å². The van der Waals surface area contributed by atoms with Crippen LogP contribution in [0.2, 0.25) is 0 Å². The third kappa shape index (κ3) is 2.36. The summed E-state index contributed by atoms with van der Waals surface area (Å²) in [4.78, 5) is 0. The molecular formula is C11H23NO2S. The molecule has 1 saturated carbocycles.